The predicted molar refractivity (Wildman–Crippen MR) is 145 cm³/mol. The smallest absolute Gasteiger partial charge is 0.238 e. The maximum atomic E-state index is 14.7. The van der Waals surface area contributed by atoms with E-state index in [1.54, 1.807) is 24.3 Å². The number of hydrogen-bond acceptors (Lipinski definition) is 6. The number of halogens is 1. The minimum Gasteiger partial charge on any atom is -0.497 e. The molecule has 0 radical (unpaired) electrons. The van der Waals surface area contributed by atoms with Gasteiger partial charge < -0.3 is 19.7 Å². The Morgan fingerprint density at radius 3 is 2.55 bits per heavy atom. The number of ether oxygens (including phenoxy) is 2. The minimum absolute atomic E-state index is 0.222. The third-order valence-corrected chi connectivity index (χ3v) is 8.20. The van der Waals surface area contributed by atoms with E-state index >= 15 is 0 Å². The number of hydrogen-bond donors (Lipinski definition) is 1. The highest BCUT2D eigenvalue weighted by molar-refractivity contribution is 6.31. The predicted octanol–water partition coefficient (Wildman–Crippen LogP) is 4.92. The Balaban J connectivity index is 1.66. The largest absolute Gasteiger partial charge is 0.497 e. The summed E-state index contributed by atoms with van der Waals surface area (Å²) < 4.78 is 11.0. The van der Waals surface area contributed by atoms with Crippen molar-refractivity contribution in [1.29, 1.82) is 0 Å². The molecule has 0 saturated carbocycles. The van der Waals surface area contributed by atoms with Crippen LogP contribution in [0.3, 0.4) is 0 Å². The van der Waals surface area contributed by atoms with Crippen molar-refractivity contribution in [1.82, 2.24) is 0 Å². The van der Waals surface area contributed by atoms with Crippen molar-refractivity contribution in [2.75, 3.05) is 24.4 Å². The average molecular weight is 529 g/mol. The van der Waals surface area contributed by atoms with Gasteiger partial charge >= 0.3 is 0 Å². The first-order valence-electron chi connectivity index (χ1n) is 12.3. The molecule has 3 aliphatic rings. The molecule has 1 amide bonds. The van der Waals surface area contributed by atoms with Gasteiger partial charge in [-0.15, -0.1) is 0 Å². The number of Topliss-reactive ketones (excluding diaryl/α,β-unsaturated/α-hetero) is 2. The third-order valence-electron chi connectivity index (χ3n) is 7.97. The van der Waals surface area contributed by atoms with Crippen LogP contribution >= 0.6 is 11.6 Å². The van der Waals surface area contributed by atoms with Crippen molar-refractivity contribution in [3.05, 3.63) is 88.5 Å². The fourth-order valence-corrected chi connectivity index (χ4v) is 6.66. The van der Waals surface area contributed by atoms with Crippen LogP contribution in [0.15, 0.2) is 66.7 Å². The summed E-state index contributed by atoms with van der Waals surface area (Å²) in [5, 5.41) is 3.56. The number of carbonyl (C=O) groups is 3. The summed E-state index contributed by atoms with van der Waals surface area (Å²) in [7, 11) is 2.99. The number of anilines is 2. The van der Waals surface area contributed by atoms with Gasteiger partial charge in [-0.25, -0.2) is 0 Å². The number of para-hydroxylation sites is 1. The number of methoxy groups -OCH3 is 2. The van der Waals surface area contributed by atoms with Gasteiger partial charge in [0.25, 0.3) is 0 Å². The van der Waals surface area contributed by atoms with E-state index in [9.17, 15) is 14.4 Å². The van der Waals surface area contributed by atoms with E-state index in [1.165, 1.54) is 21.1 Å². The van der Waals surface area contributed by atoms with Gasteiger partial charge in [-0.2, -0.15) is 0 Å². The van der Waals surface area contributed by atoms with Crippen LogP contribution < -0.4 is 19.7 Å². The number of carbonyl (C=O) groups excluding carboxylic acids is 3. The summed E-state index contributed by atoms with van der Waals surface area (Å²) in [5.41, 5.74) is 1.75. The first kappa shape index (κ1) is 24.2. The third kappa shape index (κ3) is 3.18. The molecule has 0 aromatic heterocycles. The fraction of sp³-hybridized carbons (Fsp3) is 0.233. The lowest BCUT2D eigenvalue weighted by atomic mass is 9.64. The van der Waals surface area contributed by atoms with E-state index in [1.807, 2.05) is 53.5 Å². The first-order chi connectivity index (χ1) is 18.3. The summed E-state index contributed by atoms with van der Waals surface area (Å²) in [6.45, 7) is 1.47. The highest BCUT2D eigenvalue weighted by Gasteiger charge is 2.70. The van der Waals surface area contributed by atoms with Gasteiger partial charge in [0, 0.05) is 16.4 Å². The topological polar surface area (TPSA) is 84.9 Å². The number of amides is 1. The Morgan fingerprint density at radius 1 is 1.03 bits per heavy atom. The summed E-state index contributed by atoms with van der Waals surface area (Å²) in [4.78, 5) is 44.3. The van der Waals surface area contributed by atoms with Crippen LogP contribution in [0.1, 0.15) is 28.4 Å². The van der Waals surface area contributed by atoms with Crippen molar-refractivity contribution >= 4 is 46.5 Å². The van der Waals surface area contributed by atoms with Gasteiger partial charge in [-0.3, -0.25) is 14.4 Å². The van der Waals surface area contributed by atoms with E-state index in [2.05, 4.69) is 5.32 Å². The van der Waals surface area contributed by atoms with Gasteiger partial charge in [0.15, 0.2) is 11.6 Å². The van der Waals surface area contributed by atoms with Crippen LogP contribution in [-0.4, -0.2) is 43.8 Å². The molecule has 3 aromatic rings. The second-order valence-corrected chi connectivity index (χ2v) is 10.2. The Kier molecular flexibility index (Phi) is 5.58. The van der Waals surface area contributed by atoms with Gasteiger partial charge in [0.05, 0.1) is 37.8 Å². The second kappa shape index (κ2) is 8.74. The van der Waals surface area contributed by atoms with E-state index in [0.717, 1.165) is 11.3 Å². The molecule has 4 atom stereocenters. The molecule has 38 heavy (non-hydrogen) atoms. The monoisotopic (exact) mass is 528 g/mol. The van der Waals surface area contributed by atoms with Crippen molar-refractivity contribution in [3.63, 3.8) is 0 Å². The molecule has 1 fully saturated rings. The van der Waals surface area contributed by atoms with Gasteiger partial charge in [-0.1, -0.05) is 42.0 Å². The molecule has 192 valence electrons. The van der Waals surface area contributed by atoms with Crippen LogP contribution in [0.2, 0.25) is 5.02 Å². The van der Waals surface area contributed by atoms with Crippen molar-refractivity contribution in [2.45, 2.75) is 24.4 Å². The second-order valence-electron chi connectivity index (χ2n) is 9.75. The molecule has 8 heteroatoms. The van der Waals surface area contributed by atoms with Crippen molar-refractivity contribution in [3.8, 4) is 11.5 Å². The quantitative estimate of drug-likeness (QED) is 0.473. The molecule has 7 nitrogen and oxygen atoms in total. The molecule has 1 N–H and O–H groups in total. The molecule has 3 aliphatic heterocycles. The highest BCUT2D eigenvalue weighted by Crippen LogP contribution is 2.58. The lowest BCUT2D eigenvalue weighted by Crippen LogP contribution is -2.51. The zero-order valence-corrected chi connectivity index (χ0v) is 21.8. The average Bonchev–Trinajstić information content (AvgIpc) is 3.40. The SMILES string of the molecule is COc1ccc(OC)c(C(=O)[C@@H]2[C@H](C(C)=O)N3c4ccc(Cl)cc4C=C[C@@H]3[C@]23C(=O)Nc2ccccc23)c1. The fourth-order valence-electron chi connectivity index (χ4n) is 6.48. The lowest BCUT2D eigenvalue weighted by Gasteiger charge is -2.37. The van der Waals surface area contributed by atoms with Gasteiger partial charge in [0.2, 0.25) is 5.91 Å². The molecule has 1 saturated heterocycles. The zero-order chi connectivity index (χ0) is 26.8. The van der Waals surface area contributed by atoms with E-state index in [4.69, 9.17) is 21.1 Å². The maximum Gasteiger partial charge on any atom is 0.238 e. The maximum absolute atomic E-state index is 14.7. The Hall–Kier alpha value is -4.10. The van der Waals surface area contributed by atoms with Gasteiger partial charge in [-0.05, 0) is 60.5 Å². The molecule has 0 aliphatic carbocycles. The summed E-state index contributed by atoms with van der Waals surface area (Å²) in [6.07, 6.45) is 3.82. The number of nitrogens with one attached hydrogen (secondary N) is 1. The summed E-state index contributed by atoms with van der Waals surface area (Å²) in [5.74, 6) is -1.16. The van der Waals surface area contributed by atoms with Crippen LogP contribution in [0.25, 0.3) is 6.08 Å². The lowest BCUT2D eigenvalue weighted by molar-refractivity contribution is -0.122. The van der Waals surface area contributed by atoms with Gasteiger partial charge in [0.1, 0.15) is 16.9 Å². The van der Waals surface area contributed by atoms with Crippen LogP contribution in [0, 0.1) is 5.92 Å². The molecule has 3 heterocycles. The summed E-state index contributed by atoms with van der Waals surface area (Å²) >= 11 is 6.29. The number of nitrogens with zero attached hydrogens (tertiary/aromatic N) is 1. The highest BCUT2D eigenvalue weighted by atomic mass is 35.5. The normalized spacial score (nSPS) is 24.5. The Morgan fingerprint density at radius 2 is 1.82 bits per heavy atom. The molecule has 0 bridgehead atoms. The molecule has 0 unspecified atom stereocenters. The minimum atomic E-state index is -1.37. The number of fused-ring (bicyclic) bond motifs is 6. The van der Waals surface area contributed by atoms with E-state index in [0.29, 0.717) is 27.8 Å². The number of benzene rings is 3. The number of ketones is 2. The molecular weight excluding hydrogens is 504 g/mol. The van der Waals surface area contributed by atoms with E-state index < -0.39 is 23.4 Å². The molecular formula is C30H25ClN2O5. The Bertz CT molecular complexity index is 1550. The van der Waals surface area contributed by atoms with Crippen LogP contribution in [0.4, 0.5) is 11.4 Å². The van der Waals surface area contributed by atoms with E-state index in [-0.39, 0.29) is 23.0 Å². The molecule has 3 aromatic carbocycles. The Labute approximate surface area is 225 Å². The molecule has 1 spiro atoms. The molecule has 6 rings (SSSR count). The van der Waals surface area contributed by atoms with Crippen molar-refractivity contribution in [2.24, 2.45) is 5.92 Å². The standard InChI is InChI=1S/C30H25ClN2O5/c1-16(34)27-26(28(35)20-15-19(37-2)10-12-24(20)38-3)30(21-6-4-5-7-22(21)32-29(30)36)25-13-8-17-14-18(31)9-11-23(17)33(25)27/h4-15,25-27H,1-3H3,(H,32,36)/t25-,26+,27+,30+/m1/s1. The summed E-state index contributed by atoms with van der Waals surface area (Å²) in [6, 6.07) is 16.2. The van der Waals surface area contributed by atoms with Crippen LogP contribution in [-0.2, 0) is 15.0 Å². The number of rotatable bonds is 5. The zero-order valence-electron chi connectivity index (χ0n) is 21.0. The van der Waals surface area contributed by atoms with Crippen LogP contribution in [0.5, 0.6) is 11.5 Å². The van der Waals surface area contributed by atoms with Crippen molar-refractivity contribution < 1.29 is 23.9 Å². The first-order valence-corrected chi connectivity index (χ1v) is 12.6.